The summed E-state index contributed by atoms with van der Waals surface area (Å²) in [4.78, 5) is 0. The molecular weight excluding hydrogens is 220 g/mol. The third-order valence-corrected chi connectivity index (χ3v) is 3.37. The van der Waals surface area contributed by atoms with Gasteiger partial charge in [-0.05, 0) is 56.2 Å². The summed E-state index contributed by atoms with van der Waals surface area (Å²) >= 11 is 0. The smallest absolute Gasteiger partial charge is 0.122 e. The van der Waals surface area contributed by atoms with Gasteiger partial charge in [0.25, 0.3) is 0 Å². The summed E-state index contributed by atoms with van der Waals surface area (Å²) in [6.45, 7) is 9.32. The Bertz CT molecular complexity index is 379. The Kier molecular flexibility index (Phi) is 6.56. The maximum Gasteiger partial charge on any atom is 0.122 e. The summed E-state index contributed by atoms with van der Waals surface area (Å²) in [5.41, 5.74) is 2.77. The normalized spacial score (nSPS) is 12.9. The molecule has 100 valence electrons. The molecule has 1 nitrogen and oxygen atoms in total. The van der Waals surface area contributed by atoms with Crippen molar-refractivity contribution in [2.75, 3.05) is 6.61 Å². The molecule has 0 aliphatic carbocycles. The molecule has 0 saturated carbocycles. The van der Waals surface area contributed by atoms with E-state index >= 15 is 0 Å². The predicted molar refractivity (Wildman–Crippen MR) is 79.5 cm³/mol. The van der Waals surface area contributed by atoms with Gasteiger partial charge in [0.1, 0.15) is 5.75 Å². The second-order valence-electron chi connectivity index (χ2n) is 4.57. The molecule has 0 saturated heterocycles. The van der Waals surface area contributed by atoms with Gasteiger partial charge >= 0.3 is 0 Å². The molecular formula is C17H26O. The van der Waals surface area contributed by atoms with Crippen LogP contribution in [0.4, 0.5) is 0 Å². The van der Waals surface area contributed by atoms with E-state index in [1.165, 1.54) is 11.1 Å². The molecule has 0 aromatic heterocycles. The Morgan fingerprint density at radius 3 is 2.56 bits per heavy atom. The summed E-state index contributed by atoms with van der Waals surface area (Å²) < 4.78 is 5.78. The minimum Gasteiger partial charge on any atom is -0.494 e. The Balaban J connectivity index is 3.06. The predicted octanol–water partition coefficient (Wildman–Crippen LogP) is 5.11. The molecule has 0 spiro atoms. The zero-order valence-electron chi connectivity index (χ0n) is 12.2. The maximum absolute atomic E-state index is 5.78. The van der Waals surface area contributed by atoms with E-state index in [4.69, 9.17) is 4.74 Å². The van der Waals surface area contributed by atoms with Gasteiger partial charge in [0.05, 0.1) is 6.61 Å². The van der Waals surface area contributed by atoms with Crippen LogP contribution in [0.15, 0.2) is 30.4 Å². The minimum absolute atomic E-state index is 0.564. The van der Waals surface area contributed by atoms with Crippen LogP contribution in [0.25, 0.3) is 0 Å². The number of benzene rings is 1. The number of aryl methyl sites for hydroxylation is 1. The molecule has 1 rings (SSSR count). The first-order valence-electron chi connectivity index (χ1n) is 7.13. The minimum atomic E-state index is 0.564. The number of hydrogen-bond acceptors (Lipinski definition) is 1. The molecule has 1 aromatic carbocycles. The summed E-state index contributed by atoms with van der Waals surface area (Å²) in [7, 11) is 0. The maximum atomic E-state index is 5.78. The summed E-state index contributed by atoms with van der Waals surface area (Å²) in [5.74, 6) is 1.63. The summed E-state index contributed by atoms with van der Waals surface area (Å²) in [6, 6.07) is 6.63. The van der Waals surface area contributed by atoms with Gasteiger partial charge in [-0.25, -0.2) is 0 Å². The van der Waals surface area contributed by atoms with Crippen molar-refractivity contribution in [2.24, 2.45) is 0 Å². The second kappa shape index (κ2) is 7.97. The zero-order valence-corrected chi connectivity index (χ0v) is 12.2. The Hall–Kier alpha value is -1.24. The van der Waals surface area contributed by atoms with Gasteiger partial charge in [-0.1, -0.05) is 38.1 Å². The number of rotatable bonds is 7. The fourth-order valence-corrected chi connectivity index (χ4v) is 2.24. The van der Waals surface area contributed by atoms with Gasteiger partial charge in [0.2, 0.25) is 0 Å². The van der Waals surface area contributed by atoms with Crippen molar-refractivity contribution in [2.45, 2.75) is 52.9 Å². The summed E-state index contributed by atoms with van der Waals surface area (Å²) in [6.07, 6.45) is 7.71. The van der Waals surface area contributed by atoms with Crippen molar-refractivity contribution in [1.82, 2.24) is 0 Å². The topological polar surface area (TPSA) is 9.23 Å². The average molecular weight is 246 g/mol. The number of ether oxygens (including phenoxy) is 1. The van der Waals surface area contributed by atoms with Crippen molar-refractivity contribution in [3.63, 3.8) is 0 Å². The second-order valence-corrected chi connectivity index (χ2v) is 4.57. The fraction of sp³-hybridized carbons (Fsp3) is 0.529. The van der Waals surface area contributed by atoms with E-state index in [0.29, 0.717) is 5.92 Å². The van der Waals surface area contributed by atoms with Crippen molar-refractivity contribution in [1.29, 1.82) is 0 Å². The van der Waals surface area contributed by atoms with Crippen LogP contribution in [0, 0.1) is 0 Å². The molecule has 1 unspecified atom stereocenters. The third-order valence-electron chi connectivity index (χ3n) is 3.37. The first kappa shape index (κ1) is 14.8. The van der Waals surface area contributed by atoms with Crippen molar-refractivity contribution in [3.8, 4) is 5.75 Å². The largest absolute Gasteiger partial charge is 0.494 e. The van der Waals surface area contributed by atoms with Crippen LogP contribution in [0.2, 0.25) is 0 Å². The highest BCUT2D eigenvalue weighted by Gasteiger charge is 2.14. The Labute approximate surface area is 112 Å². The molecule has 0 fully saturated rings. The third kappa shape index (κ3) is 3.90. The van der Waals surface area contributed by atoms with E-state index in [9.17, 15) is 0 Å². The molecule has 0 aliphatic rings. The van der Waals surface area contributed by atoms with Crippen molar-refractivity contribution >= 4 is 0 Å². The average Bonchev–Trinajstić information content (AvgIpc) is 2.41. The quantitative estimate of drug-likeness (QED) is 0.608. The zero-order chi connectivity index (χ0) is 13.4. The molecule has 0 N–H and O–H groups in total. The van der Waals surface area contributed by atoms with E-state index in [1.54, 1.807) is 0 Å². The van der Waals surface area contributed by atoms with Crippen LogP contribution in [-0.2, 0) is 6.42 Å². The highest BCUT2D eigenvalue weighted by Crippen LogP contribution is 2.33. The molecule has 1 aromatic rings. The molecule has 0 bridgehead atoms. The van der Waals surface area contributed by atoms with Crippen molar-refractivity contribution in [3.05, 3.63) is 41.5 Å². The standard InChI is InChI=1S/C17H26O/c1-5-9-10-15(7-3)16-13-14(6-2)11-12-17(16)18-8-4/h5,9,11-13,15H,6-8,10H2,1-4H3/b9-5-. The SMILES string of the molecule is C/C=C\CC(CC)c1cc(CC)ccc1OCC. The van der Waals surface area contributed by atoms with Crippen LogP contribution in [0.1, 0.15) is 57.6 Å². The van der Waals surface area contributed by atoms with E-state index in [0.717, 1.165) is 31.6 Å². The Morgan fingerprint density at radius 2 is 2.00 bits per heavy atom. The number of hydrogen-bond donors (Lipinski definition) is 0. The van der Waals surface area contributed by atoms with Crippen LogP contribution in [-0.4, -0.2) is 6.61 Å². The first-order valence-corrected chi connectivity index (χ1v) is 7.13. The lowest BCUT2D eigenvalue weighted by molar-refractivity contribution is 0.333. The van der Waals surface area contributed by atoms with Crippen LogP contribution in [0.3, 0.4) is 0 Å². The highest BCUT2D eigenvalue weighted by atomic mass is 16.5. The fourth-order valence-electron chi connectivity index (χ4n) is 2.24. The molecule has 1 heteroatoms. The Morgan fingerprint density at radius 1 is 1.22 bits per heavy atom. The molecule has 0 radical (unpaired) electrons. The lowest BCUT2D eigenvalue weighted by Crippen LogP contribution is -2.03. The van der Waals surface area contributed by atoms with Crippen LogP contribution >= 0.6 is 0 Å². The number of allylic oxidation sites excluding steroid dienone is 2. The monoisotopic (exact) mass is 246 g/mol. The van der Waals surface area contributed by atoms with E-state index in [-0.39, 0.29) is 0 Å². The molecule has 0 amide bonds. The van der Waals surface area contributed by atoms with Crippen LogP contribution in [0.5, 0.6) is 5.75 Å². The highest BCUT2D eigenvalue weighted by molar-refractivity contribution is 5.40. The van der Waals surface area contributed by atoms with Gasteiger partial charge in [-0.2, -0.15) is 0 Å². The van der Waals surface area contributed by atoms with Gasteiger partial charge in [0, 0.05) is 0 Å². The van der Waals surface area contributed by atoms with Crippen molar-refractivity contribution < 1.29 is 4.74 Å². The lowest BCUT2D eigenvalue weighted by Gasteiger charge is -2.19. The molecule has 0 aliphatic heterocycles. The first-order chi connectivity index (χ1) is 8.76. The van der Waals surface area contributed by atoms with Gasteiger partial charge in [0.15, 0.2) is 0 Å². The lowest BCUT2D eigenvalue weighted by atomic mass is 9.90. The van der Waals surface area contributed by atoms with Crippen LogP contribution < -0.4 is 4.74 Å². The van der Waals surface area contributed by atoms with E-state index in [2.05, 4.69) is 51.1 Å². The van der Waals surface area contributed by atoms with Gasteiger partial charge in [-0.15, -0.1) is 0 Å². The van der Waals surface area contributed by atoms with E-state index < -0.39 is 0 Å². The summed E-state index contributed by atoms with van der Waals surface area (Å²) in [5, 5.41) is 0. The van der Waals surface area contributed by atoms with E-state index in [1.807, 2.05) is 6.92 Å². The van der Waals surface area contributed by atoms with Gasteiger partial charge < -0.3 is 4.74 Å². The molecule has 18 heavy (non-hydrogen) atoms. The molecule has 0 heterocycles. The molecule has 1 atom stereocenters. The van der Waals surface area contributed by atoms with Gasteiger partial charge in [-0.3, -0.25) is 0 Å².